The second kappa shape index (κ2) is 7.97. The van der Waals surface area contributed by atoms with Gasteiger partial charge in [-0.25, -0.2) is 0 Å². The van der Waals surface area contributed by atoms with Crippen molar-refractivity contribution in [2.75, 3.05) is 13.1 Å². The van der Waals surface area contributed by atoms with Crippen molar-refractivity contribution in [3.8, 4) is 0 Å². The third-order valence-electron chi connectivity index (χ3n) is 4.85. The molecule has 2 aromatic carbocycles. The number of nitrogens with zero attached hydrogens (tertiary/aromatic N) is 1. The highest BCUT2D eigenvalue weighted by Gasteiger charge is 2.34. The fourth-order valence-corrected chi connectivity index (χ4v) is 3.46. The molecule has 1 aliphatic heterocycles. The molecule has 2 aromatic rings. The lowest BCUT2D eigenvalue weighted by Gasteiger charge is -2.24. The molecule has 1 atom stereocenters. The van der Waals surface area contributed by atoms with Crippen molar-refractivity contribution in [1.82, 2.24) is 4.90 Å². The van der Waals surface area contributed by atoms with E-state index in [1.165, 1.54) is 0 Å². The highest BCUT2D eigenvalue weighted by atomic mass is 16.4. The normalized spacial score (nSPS) is 17.0. The molecule has 0 aliphatic carbocycles. The quantitative estimate of drug-likeness (QED) is 0.881. The molecule has 1 unspecified atom stereocenters. The lowest BCUT2D eigenvalue weighted by atomic mass is 9.91. The molecule has 0 bridgehead atoms. The van der Waals surface area contributed by atoms with Gasteiger partial charge in [0.05, 0.1) is 5.92 Å². The minimum absolute atomic E-state index is 0.0662. The molecular weight excluding hydrogens is 314 g/mol. The van der Waals surface area contributed by atoms with Gasteiger partial charge in [0, 0.05) is 19.0 Å². The van der Waals surface area contributed by atoms with E-state index < -0.39 is 11.9 Å². The average molecular weight is 337 g/mol. The molecule has 0 aromatic heterocycles. The first-order chi connectivity index (χ1) is 12.1. The summed E-state index contributed by atoms with van der Waals surface area (Å²) in [7, 11) is 0. The summed E-state index contributed by atoms with van der Waals surface area (Å²) in [6.07, 6.45) is 1.88. The Kier molecular flexibility index (Phi) is 5.49. The monoisotopic (exact) mass is 337 g/mol. The maximum atomic E-state index is 13.1. The number of carboxylic acid groups (broad SMARTS) is 1. The van der Waals surface area contributed by atoms with Crippen LogP contribution in [0.2, 0.25) is 0 Å². The van der Waals surface area contributed by atoms with Gasteiger partial charge in [-0.2, -0.15) is 0 Å². The van der Waals surface area contributed by atoms with Gasteiger partial charge in [-0.1, -0.05) is 60.7 Å². The van der Waals surface area contributed by atoms with E-state index in [4.69, 9.17) is 0 Å². The van der Waals surface area contributed by atoms with Crippen LogP contribution in [0, 0.1) is 11.8 Å². The van der Waals surface area contributed by atoms with E-state index in [-0.39, 0.29) is 11.8 Å². The Bertz CT molecular complexity index is 673. The van der Waals surface area contributed by atoms with Gasteiger partial charge in [0.1, 0.15) is 0 Å². The summed E-state index contributed by atoms with van der Waals surface area (Å²) in [6, 6.07) is 20.0. The second-order valence-electron chi connectivity index (χ2n) is 6.68. The summed E-state index contributed by atoms with van der Waals surface area (Å²) >= 11 is 0. The molecule has 0 radical (unpaired) electrons. The third kappa shape index (κ3) is 4.47. The van der Waals surface area contributed by atoms with Crippen molar-refractivity contribution in [2.24, 2.45) is 11.8 Å². The smallest absolute Gasteiger partial charge is 0.308 e. The first-order valence-corrected chi connectivity index (χ1v) is 8.73. The zero-order valence-electron chi connectivity index (χ0n) is 14.2. The van der Waals surface area contributed by atoms with E-state index in [0.29, 0.717) is 32.4 Å². The molecule has 0 saturated carbocycles. The maximum absolute atomic E-state index is 13.1. The van der Waals surface area contributed by atoms with Crippen molar-refractivity contribution in [3.05, 3.63) is 71.8 Å². The molecular formula is C21H23NO3. The minimum atomic E-state index is -0.807. The SMILES string of the molecule is O=C(O)C1CCN(C(=O)C(Cc2ccccc2)Cc2ccccc2)C1. The summed E-state index contributed by atoms with van der Waals surface area (Å²) < 4.78 is 0. The number of hydrogen-bond acceptors (Lipinski definition) is 2. The molecule has 1 amide bonds. The van der Waals surface area contributed by atoms with Crippen molar-refractivity contribution >= 4 is 11.9 Å². The Morgan fingerprint density at radius 1 is 0.960 bits per heavy atom. The summed E-state index contributed by atoms with van der Waals surface area (Å²) in [5, 5.41) is 9.18. The van der Waals surface area contributed by atoms with E-state index in [9.17, 15) is 14.7 Å². The van der Waals surface area contributed by atoms with Gasteiger partial charge in [0.15, 0.2) is 0 Å². The number of aliphatic carboxylic acids is 1. The minimum Gasteiger partial charge on any atom is -0.481 e. The van der Waals surface area contributed by atoms with Crippen LogP contribution < -0.4 is 0 Å². The Morgan fingerprint density at radius 2 is 1.48 bits per heavy atom. The first kappa shape index (κ1) is 17.2. The zero-order valence-corrected chi connectivity index (χ0v) is 14.2. The zero-order chi connectivity index (χ0) is 17.6. The summed E-state index contributed by atoms with van der Waals surface area (Å²) in [6.45, 7) is 0.865. The van der Waals surface area contributed by atoms with Crippen LogP contribution in [0.3, 0.4) is 0 Å². The van der Waals surface area contributed by atoms with Crippen LogP contribution in [-0.4, -0.2) is 35.0 Å². The van der Waals surface area contributed by atoms with E-state index in [0.717, 1.165) is 11.1 Å². The van der Waals surface area contributed by atoms with Gasteiger partial charge in [0.2, 0.25) is 5.91 Å². The van der Waals surface area contributed by atoms with Gasteiger partial charge < -0.3 is 10.0 Å². The van der Waals surface area contributed by atoms with E-state index in [1.54, 1.807) is 4.90 Å². The topological polar surface area (TPSA) is 57.6 Å². The van der Waals surface area contributed by atoms with E-state index in [2.05, 4.69) is 0 Å². The van der Waals surface area contributed by atoms with Gasteiger partial charge in [-0.15, -0.1) is 0 Å². The largest absolute Gasteiger partial charge is 0.481 e. The van der Waals surface area contributed by atoms with Crippen molar-refractivity contribution in [2.45, 2.75) is 19.3 Å². The average Bonchev–Trinajstić information content (AvgIpc) is 3.13. The number of carboxylic acids is 1. The van der Waals surface area contributed by atoms with Gasteiger partial charge in [0.25, 0.3) is 0 Å². The van der Waals surface area contributed by atoms with Crippen LogP contribution in [0.1, 0.15) is 17.5 Å². The molecule has 25 heavy (non-hydrogen) atoms. The number of hydrogen-bond donors (Lipinski definition) is 1. The van der Waals surface area contributed by atoms with Crippen LogP contribution in [-0.2, 0) is 22.4 Å². The van der Waals surface area contributed by atoms with E-state index in [1.807, 2.05) is 60.7 Å². The van der Waals surface area contributed by atoms with Crippen LogP contribution >= 0.6 is 0 Å². The second-order valence-corrected chi connectivity index (χ2v) is 6.68. The van der Waals surface area contributed by atoms with Crippen LogP contribution in [0.15, 0.2) is 60.7 Å². The number of carbonyl (C=O) groups excluding carboxylic acids is 1. The fraction of sp³-hybridized carbons (Fsp3) is 0.333. The molecule has 1 N–H and O–H groups in total. The Morgan fingerprint density at radius 3 is 1.92 bits per heavy atom. The van der Waals surface area contributed by atoms with Crippen LogP contribution in [0.25, 0.3) is 0 Å². The molecule has 1 aliphatic rings. The molecule has 4 nitrogen and oxygen atoms in total. The predicted molar refractivity (Wildman–Crippen MR) is 96.1 cm³/mol. The highest BCUT2D eigenvalue weighted by Crippen LogP contribution is 2.23. The maximum Gasteiger partial charge on any atom is 0.308 e. The summed E-state index contributed by atoms with van der Waals surface area (Å²) in [5.74, 6) is -1.34. The lowest BCUT2D eigenvalue weighted by Crippen LogP contribution is -2.37. The Labute approximate surface area is 148 Å². The fourth-order valence-electron chi connectivity index (χ4n) is 3.46. The molecule has 3 rings (SSSR count). The number of benzene rings is 2. The summed E-state index contributed by atoms with van der Waals surface area (Å²) in [4.78, 5) is 26.0. The number of carbonyl (C=O) groups is 2. The molecule has 130 valence electrons. The molecule has 4 heteroatoms. The van der Waals surface area contributed by atoms with Crippen LogP contribution in [0.4, 0.5) is 0 Å². The molecule has 0 spiro atoms. The van der Waals surface area contributed by atoms with Gasteiger partial charge in [-0.3, -0.25) is 9.59 Å². The molecule has 1 saturated heterocycles. The van der Waals surface area contributed by atoms with E-state index >= 15 is 0 Å². The Balaban J connectivity index is 1.75. The number of amides is 1. The predicted octanol–water partition coefficient (Wildman–Crippen LogP) is 3.02. The lowest BCUT2D eigenvalue weighted by molar-refractivity contribution is -0.141. The van der Waals surface area contributed by atoms with Gasteiger partial charge in [-0.05, 0) is 30.4 Å². The standard InChI is InChI=1S/C21H23NO3/c23-20(22-12-11-18(15-22)21(24)25)19(13-16-7-3-1-4-8-16)14-17-9-5-2-6-10-17/h1-10,18-19H,11-15H2,(H,24,25). The van der Waals surface area contributed by atoms with Crippen molar-refractivity contribution in [1.29, 1.82) is 0 Å². The highest BCUT2D eigenvalue weighted by molar-refractivity contribution is 5.81. The third-order valence-corrected chi connectivity index (χ3v) is 4.85. The molecule has 1 heterocycles. The number of likely N-dealkylation sites (tertiary alicyclic amines) is 1. The first-order valence-electron chi connectivity index (χ1n) is 8.73. The van der Waals surface area contributed by atoms with Crippen molar-refractivity contribution in [3.63, 3.8) is 0 Å². The van der Waals surface area contributed by atoms with Gasteiger partial charge >= 0.3 is 5.97 Å². The van der Waals surface area contributed by atoms with Crippen molar-refractivity contribution < 1.29 is 14.7 Å². The number of rotatable bonds is 6. The van der Waals surface area contributed by atoms with Crippen LogP contribution in [0.5, 0.6) is 0 Å². The Hall–Kier alpha value is -2.62. The molecule has 1 fully saturated rings. The summed E-state index contributed by atoms with van der Waals surface area (Å²) in [5.41, 5.74) is 2.26.